The summed E-state index contributed by atoms with van der Waals surface area (Å²) in [6.45, 7) is 4.89. The van der Waals surface area contributed by atoms with Crippen LogP contribution < -0.4 is 10.5 Å². The molecule has 1 rings (SSSR count). The second-order valence-electron chi connectivity index (χ2n) is 3.86. The number of hydrogen-bond acceptors (Lipinski definition) is 3. The Kier molecular flexibility index (Phi) is 5.69. The first-order valence-corrected chi connectivity index (χ1v) is 6.40. The first-order chi connectivity index (χ1) is 8.99. The van der Waals surface area contributed by atoms with Gasteiger partial charge in [-0.1, -0.05) is 12.2 Å². The van der Waals surface area contributed by atoms with Crippen LogP contribution in [0.4, 0.5) is 4.39 Å². The van der Waals surface area contributed by atoms with Crippen molar-refractivity contribution in [3.05, 3.63) is 29.6 Å². The maximum atomic E-state index is 13.6. The fraction of sp³-hybridized carbons (Fsp3) is 0.385. The van der Waals surface area contributed by atoms with Crippen molar-refractivity contribution in [1.29, 1.82) is 0 Å². The number of amides is 1. The Labute approximate surface area is 117 Å². The predicted octanol–water partition coefficient (Wildman–Crippen LogP) is 1.71. The number of hydrogen-bond donors (Lipinski definition) is 1. The summed E-state index contributed by atoms with van der Waals surface area (Å²) in [5, 5.41) is 0. The van der Waals surface area contributed by atoms with Crippen LogP contribution in [-0.2, 0) is 4.79 Å². The SMILES string of the molecule is CCN(CC)C(=O)COc1ccc(C(N)=S)c(F)c1. The van der Waals surface area contributed by atoms with E-state index in [1.807, 2.05) is 13.8 Å². The van der Waals surface area contributed by atoms with Gasteiger partial charge >= 0.3 is 0 Å². The molecule has 0 bridgehead atoms. The second-order valence-corrected chi connectivity index (χ2v) is 4.30. The van der Waals surface area contributed by atoms with Crippen molar-refractivity contribution in [2.75, 3.05) is 19.7 Å². The van der Waals surface area contributed by atoms with E-state index in [0.717, 1.165) is 0 Å². The minimum absolute atomic E-state index is 0.0109. The molecule has 0 fully saturated rings. The van der Waals surface area contributed by atoms with E-state index in [-0.39, 0.29) is 28.8 Å². The molecule has 0 spiro atoms. The molecule has 19 heavy (non-hydrogen) atoms. The molecule has 4 nitrogen and oxygen atoms in total. The Morgan fingerprint density at radius 2 is 2.05 bits per heavy atom. The third-order valence-corrected chi connectivity index (χ3v) is 2.90. The second kappa shape index (κ2) is 7.04. The summed E-state index contributed by atoms with van der Waals surface area (Å²) >= 11 is 4.70. The number of ether oxygens (including phenoxy) is 1. The van der Waals surface area contributed by atoms with E-state index in [1.54, 1.807) is 4.90 Å². The first-order valence-electron chi connectivity index (χ1n) is 5.99. The number of halogens is 1. The van der Waals surface area contributed by atoms with Gasteiger partial charge in [-0.25, -0.2) is 4.39 Å². The molecular weight excluding hydrogens is 267 g/mol. The summed E-state index contributed by atoms with van der Waals surface area (Å²) in [6, 6.07) is 4.14. The van der Waals surface area contributed by atoms with Crippen LogP contribution in [0, 0.1) is 5.82 Å². The zero-order chi connectivity index (χ0) is 14.4. The Bertz CT molecular complexity index is 476. The van der Waals surface area contributed by atoms with Gasteiger partial charge in [-0.15, -0.1) is 0 Å². The Balaban J connectivity index is 2.66. The van der Waals surface area contributed by atoms with Gasteiger partial charge in [-0.2, -0.15) is 0 Å². The molecule has 0 saturated carbocycles. The molecule has 0 heterocycles. The highest BCUT2D eigenvalue weighted by Gasteiger charge is 2.11. The fourth-order valence-electron chi connectivity index (χ4n) is 1.60. The normalized spacial score (nSPS) is 10.1. The highest BCUT2D eigenvalue weighted by atomic mass is 32.1. The van der Waals surface area contributed by atoms with Gasteiger partial charge in [0.2, 0.25) is 0 Å². The van der Waals surface area contributed by atoms with Crippen LogP contribution >= 0.6 is 12.2 Å². The standard InChI is InChI=1S/C13H17FN2O2S/c1-3-16(4-2)12(17)8-18-9-5-6-10(13(15)19)11(14)7-9/h5-7H,3-4,8H2,1-2H3,(H2,15,19). The van der Waals surface area contributed by atoms with Gasteiger partial charge in [-0.05, 0) is 26.0 Å². The number of thiocarbonyl (C=S) groups is 1. The first kappa shape index (κ1) is 15.4. The van der Waals surface area contributed by atoms with E-state index in [2.05, 4.69) is 0 Å². The van der Waals surface area contributed by atoms with Crippen LogP contribution in [0.15, 0.2) is 18.2 Å². The smallest absolute Gasteiger partial charge is 0.260 e. The molecule has 2 N–H and O–H groups in total. The van der Waals surface area contributed by atoms with Crippen LogP contribution in [0.25, 0.3) is 0 Å². The summed E-state index contributed by atoms with van der Waals surface area (Å²) in [5.41, 5.74) is 5.52. The van der Waals surface area contributed by atoms with Gasteiger partial charge in [0.05, 0.1) is 0 Å². The van der Waals surface area contributed by atoms with Gasteiger partial charge in [0.25, 0.3) is 5.91 Å². The van der Waals surface area contributed by atoms with E-state index in [1.165, 1.54) is 18.2 Å². The molecule has 1 amide bonds. The number of carbonyl (C=O) groups excluding carboxylic acids is 1. The van der Waals surface area contributed by atoms with E-state index < -0.39 is 5.82 Å². The Morgan fingerprint density at radius 3 is 2.53 bits per heavy atom. The van der Waals surface area contributed by atoms with Crippen LogP contribution in [0.2, 0.25) is 0 Å². The number of nitrogens with two attached hydrogens (primary N) is 1. The van der Waals surface area contributed by atoms with Crippen molar-refractivity contribution in [2.45, 2.75) is 13.8 Å². The molecule has 104 valence electrons. The highest BCUT2D eigenvalue weighted by Crippen LogP contribution is 2.16. The maximum Gasteiger partial charge on any atom is 0.260 e. The predicted molar refractivity (Wildman–Crippen MR) is 75.7 cm³/mol. The van der Waals surface area contributed by atoms with Gasteiger partial charge in [0.1, 0.15) is 16.6 Å². The molecule has 0 aromatic heterocycles. The Morgan fingerprint density at radius 1 is 1.42 bits per heavy atom. The minimum Gasteiger partial charge on any atom is -0.484 e. The van der Waals surface area contributed by atoms with Crippen LogP contribution in [-0.4, -0.2) is 35.5 Å². The molecule has 0 unspecified atom stereocenters. The molecule has 0 atom stereocenters. The van der Waals surface area contributed by atoms with Crippen molar-refractivity contribution in [3.8, 4) is 5.75 Å². The van der Waals surface area contributed by atoms with Crippen molar-refractivity contribution < 1.29 is 13.9 Å². The molecule has 1 aromatic carbocycles. The lowest BCUT2D eigenvalue weighted by atomic mass is 10.2. The van der Waals surface area contributed by atoms with Crippen molar-refractivity contribution in [3.63, 3.8) is 0 Å². The summed E-state index contributed by atoms with van der Waals surface area (Å²) in [5.74, 6) is -0.415. The van der Waals surface area contributed by atoms with E-state index in [9.17, 15) is 9.18 Å². The molecule has 0 saturated heterocycles. The van der Waals surface area contributed by atoms with Crippen LogP contribution in [0.5, 0.6) is 5.75 Å². The van der Waals surface area contributed by atoms with Crippen molar-refractivity contribution in [2.24, 2.45) is 5.73 Å². The third-order valence-electron chi connectivity index (χ3n) is 2.68. The maximum absolute atomic E-state index is 13.6. The number of carbonyl (C=O) groups is 1. The number of benzene rings is 1. The molecule has 0 radical (unpaired) electrons. The van der Waals surface area contributed by atoms with Crippen LogP contribution in [0.3, 0.4) is 0 Å². The third kappa shape index (κ3) is 4.17. The number of likely N-dealkylation sites (N-methyl/N-ethyl adjacent to an activating group) is 1. The molecule has 6 heteroatoms. The zero-order valence-electron chi connectivity index (χ0n) is 11.0. The summed E-state index contributed by atoms with van der Waals surface area (Å²) in [4.78, 5) is 13.3. The summed E-state index contributed by atoms with van der Waals surface area (Å²) in [6.07, 6.45) is 0. The van der Waals surface area contributed by atoms with Crippen LogP contribution in [0.1, 0.15) is 19.4 Å². The Hall–Kier alpha value is -1.69. The average Bonchev–Trinajstić information content (AvgIpc) is 2.37. The molecule has 1 aromatic rings. The molecule has 0 aliphatic rings. The quantitative estimate of drug-likeness (QED) is 0.808. The zero-order valence-corrected chi connectivity index (χ0v) is 11.8. The molecule has 0 aliphatic heterocycles. The van der Waals surface area contributed by atoms with E-state index >= 15 is 0 Å². The molecular formula is C13H17FN2O2S. The number of rotatable bonds is 6. The van der Waals surface area contributed by atoms with Gasteiger partial charge in [0, 0.05) is 24.7 Å². The van der Waals surface area contributed by atoms with Gasteiger partial charge in [-0.3, -0.25) is 4.79 Å². The fourth-order valence-corrected chi connectivity index (χ4v) is 1.76. The van der Waals surface area contributed by atoms with Gasteiger partial charge < -0.3 is 15.4 Å². The summed E-state index contributed by atoms with van der Waals surface area (Å²) in [7, 11) is 0. The van der Waals surface area contributed by atoms with Crippen molar-refractivity contribution in [1.82, 2.24) is 4.90 Å². The number of nitrogens with zero attached hydrogens (tertiary/aromatic N) is 1. The minimum atomic E-state index is -0.555. The van der Waals surface area contributed by atoms with E-state index in [0.29, 0.717) is 13.1 Å². The molecule has 0 aliphatic carbocycles. The monoisotopic (exact) mass is 284 g/mol. The topological polar surface area (TPSA) is 55.6 Å². The average molecular weight is 284 g/mol. The van der Waals surface area contributed by atoms with Gasteiger partial charge in [0.15, 0.2) is 6.61 Å². The van der Waals surface area contributed by atoms with Crippen molar-refractivity contribution >= 4 is 23.1 Å². The highest BCUT2D eigenvalue weighted by molar-refractivity contribution is 7.80. The summed E-state index contributed by atoms with van der Waals surface area (Å²) < 4.78 is 18.8. The van der Waals surface area contributed by atoms with E-state index in [4.69, 9.17) is 22.7 Å². The lowest BCUT2D eigenvalue weighted by molar-refractivity contribution is -0.132. The lowest BCUT2D eigenvalue weighted by Crippen LogP contribution is -2.34. The largest absolute Gasteiger partial charge is 0.484 e. The lowest BCUT2D eigenvalue weighted by Gasteiger charge is -2.18.